The minimum absolute atomic E-state index is 0. The lowest BCUT2D eigenvalue weighted by atomic mass is 10.7. The number of hydrogen-bond donors (Lipinski definition) is 1. The van der Waals surface area contributed by atoms with Gasteiger partial charge in [-0.1, -0.05) is 0 Å². The molecule has 0 aromatic carbocycles. The predicted molar refractivity (Wildman–Crippen MR) is 42.4 cm³/mol. The Morgan fingerprint density at radius 3 is 1.38 bits per heavy atom. The summed E-state index contributed by atoms with van der Waals surface area (Å²) < 4.78 is 85.5. The van der Waals surface area contributed by atoms with Gasteiger partial charge in [-0.2, -0.15) is 26.3 Å². The number of alkyl halides is 6. The van der Waals surface area contributed by atoms with Gasteiger partial charge in [0.2, 0.25) is 0 Å². The molecule has 4 nitrogen and oxygen atoms in total. The Morgan fingerprint density at radius 1 is 0.938 bits per heavy atom. The Morgan fingerprint density at radius 2 is 1.19 bits per heavy atom. The van der Waals surface area contributed by atoms with Crippen LogP contribution in [0, 0.1) is 0 Å². The van der Waals surface area contributed by atoms with Crippen molar-refractivity contribution < 1.29 is 44.8 Å². The lowest BCUT2D eigenvalue weighted by Crippen LogP contribution is -2.19. The van der Waals surface area contributed by atoms with Crippen LogP contribution in [0.3, 0.4) is 0 Å². The van der Waals surface area contributed by atoms with E-state index in [0.717, 1.165) is 0 Å². The zero-order valence-corrected chi connectivity index (χ0v) is 7.70. The van der Waals surface area contributed by atoms with E-state index in [4.69, 9.17) is 4.89 Å². The molecule has 0 saturated heterocycles. The largest absolute Gasteiger partial charge is 0.472 e. The van der Waals surface area contributed by atoms with Crippen LogP contribution in [0.4, 0.5) is 26.3 Å². The third-order valence-corrected chi connectivity index (χ3v) is 1.69. The first kappa shape index (κ1) is 18.8. The second kappa shape index (κ2) is 6.41. The van der Waals surface area contributed by atoms with Gasteiger partial charge in [0.25, 0.3) is 0 Å². The van der Waals surface area contributed by atoms with Crippen molar-refractivity contribution in [2.45, 2.75) is 12.4 Å². The number of phosphoric ester groups is 1. The average molecular weight is 288 g/mol. The van der Waals surface area contributed by atoms with E-state index < -0.39 is 33.4 Å². The molecule has 96 valence electrons. The van der Waals surface area contributed by atoms with Gasteiger partial charge in [0.05, 0.1) is 0 Å². The van der Waals surface area contributed by atoms with Crippen LogP contribution in [0.25, 0.3) is 0 Å². The molecule has 0 atom stereocenters. The van der Waals surface area contributed by atoms with Crippen molar-refractivity contribution in [3.8, 4) is 0 Å². The normalized spacial score (nSPS) is 13.4. The fraction of sp³-hybridized carbons (Fsp3) is 1.00. The van der Waals surface area contributed by atoms with Gasteiger partial charge < -0.3 is 4.89 Å². The molecule has 0 heterocycles. The number of halogens is 6. The topological polar surface area (TPSA) is 55.8 Å². The van der Waals surface area contributed by atoms with E-state index >= 15 is 0 Å². The van der Waals surface area contributed by atoms with E-state index in [9.17, 15) is 30.9 Å². The number of rotatable bonds is 4. The van der Waals surface area contributed by atoms with E-state index in [1.165, 1.54) is 0 Å². The molecule has 16 heavy (non-hydrogen) atoms. The molecular formula is C4H7F6MgO4P. The fourth-order valence-electron chi connectivity index (χ4n) is 0.347. The monoisotopic (exact) mass is 288 g/mol. The molecule has 0 saturated carbocycles. The zero-order valence-electron chi connectivity index (χ0n) is 6.80. The molecule has 0 aromatic rings. The maximum absolute atomic E-state index is 11.4. The van der Waals surface area contributed by atoms with Crippen molar-refractivity contribution in [1.29, 1.82) is 0 Å². The summed E-state index contributed by atoms with van der Waals surface area (Å²) in [5, 5.41) is 0. The maximum atomic E-state index is 11.4. The minimum Gasteiger partial charge on any atom is -0.302 e. The van der Waals surface area contributed by atoms with Gasteiger partial charge in [-0.15, -0.1) is 0 Å². The van der Waals surface area contributed by atoms with Crippen LogP contribution in [0.15, 0.2) is 0 Å². The molecule has 0 aromatic heterocycles. The highest BCUT2D eigenvalue weighted by atomic mass is 31.2. The highest BCUT2D eigenvalue weighted by Gasteiger charge is 2.37. The van der Waals surface area contributed by atoms with Crippen molar-refractivity contribution >= 4 is 30.9 Å². The van der Waals surface area contributed by atoms with Crippen LogP contribution in [-0.2, 0) is 13.6 Å². The van der Waals surface area contributed by atoms with Gasteiger partial charge in [-0.05, 0) is 0 Å². The first-order chi connectivity index (χ1) is 6.41. The highest BCUT2D eigenvalue weighted by Crippen LogP contribution is 2.45. The molecule has 0 fully saturated rings. The van der Waals surface area contributed by atoms with E-state index in [1.807, 2.05) is 0 Å². The summed E-state index contributed by atoms with van der Waals surface area (Å²) in [6.45, 7) is -4.34. The van der Waals surface area contributed by atoms with Crippen LogP contribution < -0.4 is 0 Å². The quantitative estimate of drug-likeness (QED) is 0.482. The SMILES string of the molecule is O=P(O)(OCC(F)(F)F)OCC(F)(F)F.[MgH2]. The summed E-state index contributed by atoms with van der Waals surface area (Å²) in [4.78, 5) is 8.35. The van der Waals surface area contributed by atoms with Gasteiger partial charge in [0, 0.05) is 0 Å². The second-order valence-electron chi connectivity index (χ2n) is 2.25. The molecule has 0 aliphatic rings. The molecule has 0 aliphatic carbocycles. The standard InChI is InChI=1S/C4H5F6O4P.Mg.2H/c5-3(6,7)1-13-15(11,12)14-2-4(8,9)10;;;/h1-2H2,(H,11,12);;;. The molecular weight excluding hydrogens is 281 g/mol. The molecule has 0 bridgehead atoms. The van der Waals surface area contributed by atoms with Crippen LogP contribution in [0.1, 0.15) is 0 Å². The molecule has 0 amide bonds. The number of phosphoric acid groups is 1. The third kappa shape index (κ3) is 12.5. The first-order valence-corrected chi connectivity index (χ1v) is 4.66. The fourth-order valence-corrected chi connectivity index (χ4v) is 1.04. The highest BCUT2D eigenvalue weighted by molar-refractivity contribution is 7.47. The zero-order chi connectivity index (χ0) is 12.3. The predicted octanol–water partition coefficient (Wildman–Crippen LogP) is 1.33. The lowest BCUT2D eigenvalue weighted by molar-refractivity contribution is -0.169. The van der Waals surface area contributed by atoms with Gasteiger partial charge in [-0.3, -0.25) is 9.05 Å². The first-order valence-electron chi connectivity index (χ1n) is 3.17. The third-order valence-electron chi connectivity index (χ3n) is 0.783. The molecule has 0 rings (SSSR count). The Labute approximate surface area is 102 Å². The summed E-state index contributed by atoms with van der Waals surface area (Å²) in [5.74, 6) is 0. The summed E-state index contributed by atoms with van der Waals surface area (Å²) >= 11 is 0. The Kier molecular flexibility index (Phi) is 7.53. The maximum Gasteiger partial charge on any atom is 0.472 e. The van der Waals surface area contributed by atoms with Gasteiger partial charge in [0.1, 0.15) is 0 Å². The summed E-state index contributed by atoms with van der Waals surface area (Å²) in [6.07, 6.45) is -9.86. The summed E-state index contributed by atoms with van der Waals surface area (Å²) in [7, 11) is -5.33. The van der Waals surface area contributed by atoms with Crippen molar-refractivity contribution in [2.24, 2.45) is 0 Å². The molecule has 0 spiro atoms. The Balaban J connectivity index is 0. The minimum atomic E-state index is -5.33. The molecule has 0 aliphatic heterocycles. The van der Waals surface area contributed by atoms with Crippen molar-refractivity contribution in [2.75, 3.05) is 13.2 Å². The van der Waals surface area contributed by atoms with E-state index in [0.29, 0.717) is 0 Å². The molecule has 1 N–H and O–H groups in total. The average Bonchev–Trinajstić information content (AvgIpc) is 1.96. The van der Waals surface area contributed by atoms with Crippen molar-refractivity contribution in [3.05, 3.63) is 0 Å². The molecule has 0 radical (unpaired) electrons. The van der Waals surface area contributed by atoms with Gasteiger partial charge >= 0.3 is 43.2 Å². The lowest BCUT2D eigenvalue weighted by Gasteiger charge is -2.14. The Bertz CT molecular complexity index is 230. The summed E-state index contributed by atoms with van der Waals surface area (Å²) in [5.41, 5.74) is 0. The second-order valence-corrected chi connectivity index (χ2v) is 3.70. The van der Waals surface area contributed by atoms with Gasteiger partial charge in [0.15, 0.2) is 13.2 Å². The van der Waals surface area contributed by atoms with E-state index in [-0.39, 0.29) is 23.1 Å². The van der Waals surface area contributed by atoms with Crippen LogP contribution >= 0.6 is 7.82 Å². The summed E-state index contributed by atoms with van der Waals surface area (Å²) in [6, 6.07) is 0. The molecule has 12 heteroatoms. The van der Waals surface area contributed by atoms with Crippen molar-refractivity contribution in [1.82, 2.24) is 0 Å². The smallest absolute Gasteiger partial charge is 0.302 e. The number of hydrogen-bond acceptors (Lipinski definition) is 3. The van der Waals surface area contributed by atoms with E-state index in [2.05, 4.69) is 9.05 Å². The Hall–Kier alpha value is 0.456. The van der Waals surface area contributed by atoms with Crippen LogP contribution in [-0.4, -0.2) is 53.5 Å². The van der Waals surface area contributed by atoms with E-state index in [1.54, 1.807) is 0 Å². The van der Waals surface area contributed by atoms with Gasteiger partial charge in [-0.25, -0.2) is 4.57 Å². The molecule has 0 unspecified atom stereocenters. The van der Waals surface area contributed by atoms with Crippen molar-refractivity contribution in [3.63, 3.8) is 0 Å². The van der Waals surface area contributed by atoms with Crippen LogP contribution in [0.5, 0.6) is 0 Å². The van der Waals surface area contributed by atoms with Crippen LogP contribution in [0.2, 0.25) is 0 Å².